The highest BCUT2D eigenvalue weighted by Gasteiger charge is 2.43. The molecule has 4 nitrogen and oxygen atoms in total. The molecule has 0 radical (unpaired) electrons. The molecule has 0 N–H and O–H groups in total. The monoisotopic (exact) mass is 419 g/mol. The van der Waals surface area contributed by atoms with E-state index in [0.29, 0.717) is 13.0 Å². The normalized spacial score (nSPS) is 26.6. The van der Waals surface area contributed by atoms with Crippen molar-refractivity contribution in [3.05, 3.63) is 27.7 Å². The van der Waals surface area contributed by atoms with Gasteiger partial charge in [0, 0.05) is 29.4 Å². The molecule has 7 heteroatoms. The zero-order valence-electron chi connectivity index (χ0n) is 12.7. The average Bonchev–Trinajstić information content (AvgIpc) is 2.97. The topological polar surface area (TPSA) is 54.5 Å². The minimum absolute atomic E-state index is 0.123. The third-order valence-electron chi connectivity index (χ3n) is 4.80. The summed E-state index contributed by atoms with van der Waals surface area (Å²) in [5.41, 5.74) is 0. The summed E-state index contributed by atoms with van der Waals surface area (Å²) in [6.45, 7) is 0.461. The number of sulfonamides is 1. The van der Waals surface area contributed by atoms with Crippen LogP contribution in [0.25, 0.3) is 0 Å². The maximum Gasteiger partial charge on any atom is 0.244 e. The molecule has 23 heavy (non-hydrogen) atoms. The second-order valence-electron chi connectivity index (χ2n) is 6.22. The Morgan fingerprint density at radius 3 is 2.65 bits per heavy atom. The lowest BCUT2D eigenvalue weighted by atomic mass is 9.82. The fourth-order valence-electron chi connectivity index (χ4n) is 3.69. The third-order valence-corrected chi connectivity index (χ3v) is 7.70. The first-order valence-electron chi connectivity index (χ1n) is 7.91. The average molecular weight is 421 g/mol. The molecule has 2 fully saturated rings. The lowest BCUT2D eigenvalue weighted by Gasteiger charge is -2.32. The standard InChI is InChI=1S/C16H19BrClNO3S/c17-11-7-8-16(13(18)10-11)23(21,22)19-9-3-5-14(19)12-4-1-2-6-15(12)20/h7-8,10,12,14H,1-6,9H2. The molecule has 1 heterocycles. The van der Waals surface area contributed by atoms with Crippen LogP contribution in [0, 0.1) is 5.92 Å². The number of halogens is 2. The van der Waals surface area contributed by atoms with E-state index in [0.717, 1.165) is 36.6 Å². The Morgan fingerprint density at radius 2 is 1.96 bits per heavy atom. The number of Topliss-reactive ketones (excluding diaryl/α,β-unsaturated/α-hetero) is 1. The van der Waals surface area contributed by atoms with Gasteiger partial charge in [0.2, 0.25) is 10.0 Å². The Morgan fingerprint density at radius 1 is 1.17 bits per heavy atom. The smallest absolute Gasteiger partial charge is 0.244 e. The van der Waals surface area contributed by atoms with Crippen LogP contribution >= 0.6 is 27.5 Å². The van der Waals surface area contributed by atoms with Crippen LogP contribution in [0.2, 0.25) is 5.02 Å². The van der Waals surface area contributed by atoms with Crippen molar-refractivity contribution >= 4 is 43.3 Å². The second-order valence-corrected chi connectivity index (χ2v) is 9.40. The SMILES string of the molecule is O=C1CCCCC1C1CCCN1S(=O)(=O)c1ccc(Br)cc1Cl. The van der Waals surface area contributed by atoms with Gasteiger partial charge in [-0.3, -0.25) is 4.79 Å². The van der Waals surface area contributed by atoms with Crippen molar-refractivity contribution < 1.29 is 13.2 Å². The van der Waals surface area contributed by atoms with Gasteiger partial charge in [-0.2, -0.15) is 4.31 Å². The molecular weight excluding hydrogens is 402 g/mol. The van der Waals surface area contributed by atoms with Gasteiger partial charge in [-0.15, -0.1) is 0 Å². The first kappa shape index (κ1) is 17.4. The number of hydrogen-bond acceptors (Lipinski definition) is 3. The van der Waals surface area contributed by atoms with Crippen molar-refractivity contribution in [2.75, 3.05) is 6.54 Å². The summed E-state index contributed by atoms with van der Waals surface area (Å²) < 4.78 is 28.3. The molecular formula is C16H19BrClNO3S. The molecule has 1 aromatic rings. The molecule has 0 bridgehead atoms. The van der Waals surface area contributed by atoms with Gasteiger partial charge in [-0.05, 0) is 43.9 Å². The minimum Gasteiger partial charge on any atom is -0.299 e. The van der Waals surface area contributed by atoms with Gasteiger partial charge >= 0.3 is 0 Å². The van der Waals surface area contributed by atoms with E-state index in [1.807, 2.05) is 0 Å². The summed E-state index contributed by atoms with van der Waals surface area (Å²) >= 11 is 9.44. The van der Waals surface area contributed by atoms with Crippen molar-refractivity contribution in [3.63, 3.8) is 0 Å². The van der Waals surface area contributed by atoms with Gasteiger partial charge < -0.3 is 0 Å². The molecule has 2 atom stereocenters. The van der Waals surface area contributed by atoms with Crippen LogP contribution in [-0.4, -0.2) is 31.1 Å². The van der Waals surface area contributed by atoms with Gasteiger partial charge in [-0.1, -0.05) is 34.0 Å². The van der Waals surface area contributed by atoms with Crippen LogP contribution < -0.4 is 0 Å². The van der Waals surface area contributed by atoms with E-state index in [1.165, 1.54) is 10.4 Å². The maximum atomic E-state index is 13.0. The molecule has 1 saturated carbocycles. The Kier molecular flexibility index (Phi) is 5.16. The maximum absolute atomic E-state index is 13.0. The molecule has 0 aromatic heterocycles. The van der Waals surface area contributed by atoms with E-state index in [9.17, 15) is 13.2 Å². The van der Waals surface area contributed by atoms with E-state index < -0.39 is 10.0 Å². The molecule has 2 unspecified atom stereocenters. The van der Waals surface area contributed by atoms with Crippen LogP contribution in [-0.2, 0) is 14.8 Å². The van der Waals surface area contributed by atoms with Crippen LogP contribution in [0.1, 0.15) is 38.5 Å². The summed E-state index contributed by atoms with van der Waals surface area (Å²) in [7, 11) is -3.68. The number of carbonyl (C=O) groups excluding carboxylic acids is 1. The molecule has 1 saturated heterocycles. The Labute approximate surface area is 150 Å². The van der Waals surface area contributed by atoms with Gasteiger partial charge in [0.05, 0.1) is 5.02 Å². The van der Waals surface area contributed by atoms with Crippen LogP contribution in [0.15, 0.2) is 27.6 Å². The van der Waals surface area contributed by atoms with E-state index in [1.54, 1.807) is 12.1 Å². The minimum atomic E-state index is -3.68. The van der Waals surface area contributed by atoms with E-state index in [2.05, 4.69) is 15.9 Å². The van der Waals surface area contributed by atoms with E-state index in [4.69, 9.17) is 11.6 Å². The second kappa shape index (κ2) is 6.82. The fraction of sp³-hybridized carbons (Fsp3) is 0.562. The van der Waals surface area contributed by atoms with E-state index in [-0.39, 0.29) is 27.7 Å². The van der Waals surface area contributed by atoms with Gasteiger partial charge in [0.25, 0.3) is 0 Å². The molecule has 1 aromatic carbocycles. The van der Waals surface area contributed by atoms with Crippen LogP contribution in [0.4, 0.5) is 0 Å². The van der Waals surface area contributed by atoms with Crippen LogP contribution in [0.5, 0.6) is 0 Å². The molecule has 1 aliphatic carbocycles. The number of ketones is 1. The molecule has 1 aliphatic heterocycles. The first-order chi connectivity index (χ1) is 10.9. The molecule has 126 valence electrons. The summed E-state index contributed by atoms with van der Waals surface area (Å²) in [6.07, 6.45) is 4.84. The highest BCUT2D eigenvalue weighted by molar-refractivity contribution is 9.10. The Balaban J connectivity index is 1.93. The van der Waals surface area contributed by atoms with Crippen LogP contribution in [0.3, 0.4) is 0 Å². The number of benzene rings is 1. The molecule has 0 spiro atoms. The first-order valence-corrected chi connectivity index (χ1v) is 10.5. The largest absolute Gasteiger partial charge is 0.299 e. The quantitative estimate of drug-likeness (QED) is 0.742. The Hall–Kier alpha value is -0.430. The molecule has 3 rings (SSSR count). The molecule has 0 amide bonds. The molecule has 2 aliphatic rings. The highest BCUT2D eigenvalue weighted by Crippen LogP contribution is 2.37. The summed E-state index contributed by atoms with van der Waals surface area (Å²) in [6, 6.07) is 4.58. The number of nitrogens with zero attached hydrogens (tertiary/aromatic N) is 1. The summed E-state index contributed by atoms with van der Waals surface area (Å²) in [5.74, 6) is 0.0560. The van der Waals surface area contributed by atoms with Crippen molar-refractivity contribution in [2.24, 2.45) is 5.92 Å². The Bertz CT molecular complexity index is 722. The zero-order chi connectivity index (χ0) is 16.6. The lowest BCUT2D eigenvalue weighted by Crippen LogP contribution is -2.43. The van der Waals surface area contributed by atoms with Crippen molar-refractivity contribution in [1.82, 2.24) is 4.31 Å². The van der Waals surface area contributed by atoms with Crippen molar-refractivity contribution in [2.45, 2.75) is 49.5 Å². The van der Waals surface area contributed by atoms with Gasteiger partial charge in [-0.25, -0.2) is 8.42 Å². The number of hydrogen-bond donors (Lipinski definition) is 0. The predicted octanol–water partition coefficient (Wildman–Crippen LogP) is 4.01. The highest BCUT2D eigenvalue weighted by atomic mass is 79.9. The van der Waals surface area contributed by atoms with Gasteiger partial charge in [0.15, 0.2) is 0 Å². The van der Waals surface area contributed by atoms with Crippen molar-refractivity contribution in [1.29, 1.82) is 0 Å². The number of rotatable bonds is 3. The third kappa shape index (κ3) is 3.36. The predicted molar refractivity (Wildman–Crippen MR) is 93.0 cm³/mol. The van der Waals surface area contributed by atoms with Gasteiger partial charge in [0.1, 0.15) is 10.7 Å². The summed E-state index contributed by atoms with van der Waals surface area (Å²) in [5, 5.41) is 0.208. The number of carbonyl (C=O) groups is 1. The lowest BCUT2D eigenvalue weighted by molar-refractivity contribution is -0.126. The van der Waals surface area contributed by atoms with E-state index >= 15 is 0 Å². The summed E-state index contributed by atoms with van der Waals surface area (Å²) in [4.78, 5) is 12.4. The van der Waals surface area contributed by atoms with Crippen molar-refractivity contribution in [3.8, 4) is 0 Å². The fourth-order valence-corrected chi connectivity index (χ4v) is 6.44. The zero-order valence-corrected chi connectivity index (χ0v) is 15.8.